The van der Waals surface area contributed by atoms with Gasteiger partial charge in [-0.05, 0) is 36.8 Å². The molecule has 1 saturated heterocycles. The number of nitrogens with zero attached hydrogens (tertiary/aromatic N) is 3. The Morgan fingerprint density at radius 1 is 1.20 bits per heavy atom. The van der Waals surface area contributed by atoms with Crippen molar-refractivity contribution in [3.63, 3.8) is 0 Å². The zero-order chi connectivity index (χ0) is 21.3. The van der Waals surface area contributed by atoms with Crippen molar-refractivity contribution in [3.05, 3.63) is 87.7 Å². The van der Waals surface area contributed by atoms with Crippen LogP contribution in [0.15, 0.2) is 80.9 Å². The minimum Gasteiger partial charge on any atom is -0.289 e. The molecule has 0 saturated carbocycles. The predicted octanol–water partition coefficient (Wildman–Crippen LogP) is 4.54. The van der Waals surface area contributed by atoms with Crippen LogP contribution < -0.4 is 5.56 Å². The normalized spacial score (nSPS) is 15.4. The Morgan fingerprint density at radius 2 is 1.97 bits per heavy atom. The van der Waals surface area contributed by atoms with Crippen LogP contribution in [-0.4, -0.2) is 31.1 Å². The van der Waals surface area contributed by atoms with Crippen molar-refractivity contribution in [2.75, 3.05) is 6.54 Å². The Morgan fingerprint density at radius 3 is 2.70 bits per heavy atom. The maximum absolute atomic E-state index is 13.4. The fourth-order valence-electron chi connectivity index (χ4n) is 2.96. The molecule has 5 nitrogen and oxygen atoms in total. The average molecular weight is 452 g/mol. The molecule has 1 aliphatic heterocycles. The standard InChI is InChI=1S/C22H17N3O2S3/c1-3-11-24-21(27)17(30-22(24)28)12-16-19(29-15-7-5-4-6-8-15)23-18-10-9-14(2)13-25(18)20(16)26/h3-10,12-13H,1,11H2,2H3. The summed E-state index contributed by atoms with van der Waals surface area (Å²) in [5, 5.41) is 0.545. The number of rotatable bonds is 5. The first-order chi connectivity index (χ1) is 14.5. The Labute approximate surface area is 187 Å². The Bertz CT molecular complexity index is 1270. The van der Waals surface area contributed by atoms with E-state index in [0.29, 0.717) is 32.0 Å². The van der Waals surface area contributed by atoms with E-state index in [2.05, 4.69) is 6.58 Å². The van der Waals surface area contributed by atoms with E-state index in [1.54, 1.807) is 18.3 Å². The van der Waals surface area contributed by atoms with E-state index in [1.165, 1.54) is 32.8 Å². The zero-order valence-electron chi connectivity index (χ0n) is 16.1. The van der Waals surface area contributed by atoms with Gasteiger partial charge in [0.05, 0.1) is 10.5 Å². The molecule has 2 aromatic heterocycles. The van der Waals surface area contributed by atoms with E-state index in [9.17, 15) is 9.59 Å². The lowest BCUT2D eigenvalue weighted by molar-refractivity contribution is -0.121. The second-order valence-corrected chi connectivity index (χ2v) is 9.30. The summed E-state index contributed by atoms with van der Waals surface area (Å²) in [6.45, 7) is 5.92. The predicted molar refractivity (Wildman–Crippen MR) is 127 cm³/mol. The van der Waals surface area contributed by atoms with Crippen molar-refractivity contribution in [1.82, 2.24) is 14.3 Å². The van der Waals surface area contributed by atoms with Gasteiger partial charge >= 0.3 is 0 Å². The number of carbonyl (C=O) groups excluding carboxylic acids is 1. The van der Waals surface area contributed by atoms with E-state index < -0.39 is 0 Å². The van der Waals surface area contributed by atoms with Gasteiger partial charge in [-0.3, -0.25) is 18.9 Å². The number of aryl methyl sites for hydroxylation is 1. The molecular formula is C22H17N3O2S3. The summed E-state index contributed by atoms with van der Waals surface area (Å²) in [5.74, 6) is -0.227. The van der Waals surface area contributed by atoms with Crippen molar-refractivity contribution < 1.29 is 4.79 Å². The summed E-state index contributed by atoms with van der Waals surface area (Å²) < 4.78 is 1.97. The third kappa shape index (κ3) is 3.98. The van der Waals surface area contributed by atoms with E-state index >= 15 is 0 Å². The molecule has 1 aromatic carbocycles. The average Bonchev–Trinajstić information content (AvgIpc) is 3.00. The van der Waals surface area contributed by atoms with Gasteiger partial charge in [-0.1, -0.05) is 66.1 Å². The number of hydrogen-bond donors (Lipinski definition) is 0. The van der Waals surface area contributed by atoms with E-state index in [-0.39, 0.29) is 11.5 Å². The van der Waals surface area contributed by atoms with E-state index in [1.807, 2.05) is 49.4 Å². The third-order valence-corrected chi connectivity index (χ3v) is 6.78. The zero-order valence-corrected chi connectivity index (χ0v) is 18.5. The summed E-state index contributed by atoms with van der Waals surface area (Å²) in [7, 11) is 0. The maximum Gasteiger partial charge on any atom is 0.266 e. The molecule has 150 valence electrons. The largest absolute Gasteiger partial charge is 0.289 e. The highest BCUT2D eigenvalue weighted by Gasteiger charge is 2.31. The lowest BCUT2D eigenvalue weighted by Crippen LogP contribution is -2.28. The van der Waals surface area contributed by atoms with Crippen molar-refractivity contribution >= 4 is 57.7 Å². The van der Waals surface area contributed by atoms with E-state index in [4.69, 9.17) is 17.2 Å². The number of carbonyl (C=O) groups is 1. The summed E-state index contributed by atoms with van der Waals surface area (Å²) in [4.78, 5) is 33.7. The molecule has 4 rings (SSSR count). The minimum absolute atomic E-state index is 0.226. The smallest absolute Gasteiger partial charge is 0.266 e. The maximum atomic E-state index is 13.4. The molecular weight excluding hydrogens is 434 g/mol. The minimum atomic E-state index is -0.227. The van der Waals surface area contributed by atoms with Crippen LogP contribution in [0.3, 0.4) is 0 Å². The van der Waals surface area contributed by atoms with Gasteiger partial charge in [0.1, 0.15) is 15.0 Å². The van der Waals surface area contributed by atoms with Crippen molar-refractivity contribution in [2.24, 2.45) is 0 Å². The molecule has 8 heteroatoms. The molecule has 0 radical (unpaired) electrons. The van der Waals surface area contributed by atoms with Gasteiger partial charge in [0.25, 0.3) is 11.5 Å². The van der Waals surface area contributed by atoms with Crippen LogP contribution in [0.2, 0.25) is 0 Å². The van der Waals surface area contributed by atoms with Gasteiger partial charge in [-0.2, -0.15) is 0 Å². The highest BCUT2D eigenvalue weighted by Crippen LogP contribution is 2.34. The third-order valence-electron chi connectivity index (χ3n) is 4.39. The number of aromatic nitrogens is 2. The van der Waals surface area contributed by atoms with Crippen molar-refractivity contribution in [3.8, 4) is 0 Å². The lowest BCUT2D eigenvalue weighted by atomic mass is 10.2. The fraction of sp³-hybridized carbons (Fsp3) is 0.0909. The Hall–Kier alpha value is -2.68. The molecule has 3 heterocycles. The fourth-order valence-corrected chi connectivity index (χ4v) is 5.13. The monoisotopic (exact) mass is 451 g/mol. The summed E-state index contributed by atoms with van der Waals surface area (Å²) >= 11 is 7.89. The molecule has 0 spiro atoms. The van der Waals surface area contributed by atoms with Gasteiger partial charge < -0.3 is 0 Å². The first-order valence-electron chi connectivity index (χ1n) is 9.10. The molecule has 0 atom stereocenters. The molecule has 0 bridgehead atoms. The summed E-state index contributed by atoms with van der Waals surface area (Å²) in [6, 6.07) is 13.4. The van der Waals surface area contributed by atoms with Crippen LogP contribution in [0.25, 0.3) is 11.7 Å². The molecule has 0 unspecified atom stereocenters. The van der Waals surface area contributed by atoms with Gasteiger partial charge in [-0.15, -0.1) is 6.58 Å². The van der Waals surface area contributed by atoms with Crippen LogP contribution in [0.1, 0.15) is 11.1 Å². The molecule has 0 N–H and O–H groups in total. The van der Waals surface area contributed by atoms with Crippen LogP contribution in [0, 0.1) is 6.92 Å². The highest BCUT2D eigenvalue weighted by atomic mass is 32.2. The second-order valence-electron chi connectivity index (χ2n) is 6.57. The van der Waals surface area contributed by atoms with Crippen LogP contribution in [-0.2, 0) is 4.79 Å². The lowest BCUT2D eigenvalue weighted by Gasteiger charge is -2.11. The number of benzene rings is 1. The number of pyridine rings is 1. The van der Waals surface area contributed by atoms with Gasteiger partial charge in [-0.25, -0.2) is 4.98 Å². The topological polar surface area (TPSA) is 54.7 Å². The number of thiocarbonyl (C=S) groups is 1. The SMILES string of the molecule is C=CCN1C(=O)C(=Cc2c(Sc3ccccc3)nc3ccc(C)cn3c2=O)SC1=S. The van der Waals surface area contributed by atoms with Crippen molar-refractivity contribution in [1.29, 1.82) is 0 Å². The molecule has 1 fully saturated rings. The number of thioether (sulfide) groups is 1. The number of hydrogen-bond acceptors (Lipinski definition) is 6. The summed E-state index contributed by atoms with van der Waals surface area (Å²) in [5.41, 5.74) is 1.64. The number of fused-ring (bicyclic) bond motifs is 1. The quantitative estimate of drug-likeness (QED) is 0.246. The Balaban J connectivity index is 1.88. The summed E-state index contributed by atoms with van der Waals surface area (Å²) in [6.07, 6.45) is 4.99. The Kier molecular flexibility index (Phi) is 5.90. The molecule has 1 aliphatic rings. The van der Waals surface area contributed by atoms with Gasteiger partial charge in [0.2, 0.25) is 0 Å². The second kappa shape index (κ2) is 8.59. The first kappa shape index (κ1) is 20.6. The molecule has 3 aromatic rings. The number of amides is 1. The van der Waals surface area contributed by atoms with Crippen LogP contribution >= 0.6 is 35.7 Å². The highest BCUT2D eigenvalue weighted by molar-refractivity contribution is 8.26. The van der Waals surface area contributed by atoms with Gasteiger partial charge in [0.15, 0.2) is 0 Å². The van der Waals surface area contributed by atoms with E-state index in [0.717, 1.165) is 10.5 Å². The molecule has 30 heavy (non-hydrogen) atoms. The molecule has 0 aliphatic carbocycles. The van der Waals surface area contributed by atoms with Crippen LogP contribution in [0.4, 0.5) is 0 Å². The van der Waals surface area contributed by atoms with Gasteiger partial charge in [0, 0.05) is 17.6 Å². The van der Waals surface area contributed by atoms with Crippen LogP contribution in [0.5, 0.6) is 0 Å². The first-order valence-corrected chi connectivity index (χ1v) is 11.1. The molecule has 1 amide bonds. The van der Waals surface area contributed by atoms with Crippen molar-refractivity contribution in [2.45, 2.75) is 16.8 Å².